The average Bonchev–Trinajstić information content (AvgIpc) is 2.10. The van der Waals surface area contributed by atoms with Gasteiger partial charge in [0.25, 0.3) is 5.91 Å². The lowest BCUT2D eigenvalue weighted by Gasteiger charge is -2.02. The molecule has 0 aliphatic carbocycles. The molecule has 0 aliphatic rings. The van der Waals surface area contributed by atoms with E-state index in [2.05, 4.69) is 25.1 Å². The highest BCUT2D eigenvalue weighted by Crippen LogP contribution is 1.88. The Bertz CT molecular complexity index is 197. The Morgan fingerprint density at radius 2 is 2.23 bits per heavy atom. The number of amides is 1. The van der Waals surface area contributed by atoms with E-state index in [9.17, 15) is 4.79 Å². The lowest BCUT2D eigenvalue weighted by Crippen LogP contribution is -2.24. The smallest absolute Gasteiger partial charge is 0.269 e. The van der Waals surface area contributed by atoms with Gasteiger partial charge < -0.3 is 0 Å². The first-order valence-corrected chi connectivity index (χ1v) is 4.41. The monoisotopic (exact) mass is 183 g/mol. The lowest BCUT2D eigenvalue weighted by atomic mass is 10.3. The molecule has 74 valence electrons. The summed E-state index contributed by atoms with van der Waals surface area (Å²) >= 11 is 0. The molecule has 1 N–H and O–H groups in total. The molecular formula is C10H17NO2. The van der Waals surface area contributed by atoms with Gasteiger partial charge in [0.05, 0.1) is 6.61 Å². The van der Waals surface area contributed by atoms with Crippen molar-refractivity contribution in [2.45, 2.75) is 26.7 Å². The minimum Gasteiger partial charge on any atom is -0.273 e. The molecule has 0 aromatic carbocycles. The molecule has 0 fully saturated rings. The van der Waals surface area contributed by atoms with Crippen molar-refractivity contribution in [1.29, 1.82) is 0 Å². The van der Waals surface area contributed by atoms with Gasteiger partial charge in [0.2, 0.25) is 0 Å². The van der Waals surface area contributed by atoms with Crippen LogP contribution in [0.1, 0.15) is 26.7 Å². The molecule has 0 saturated heterocycles. The van der Waals surface area contributed by atoms with E-state index in [-0.39, 0.29) is 5.91 Å². The summed E-state index contributed by atoms with van der Waals surface area (Å²) in [5.41, 5.74) is 2.73. The summed E-state index contributed by atoms with van der Waals surface area (Å²) in [6, 6.07) is 0. The zero-order valence-electron chi connectivity index (χ0n) is 8.30. The van der Waals surface area contributed by atoms with E-state index < -0.39 is 0 Å². The number of rotatable bonds is 6. The summed E-state index contributed by atoms with van der Waals surface area (Å²) in [5.74, 6) is -0.264. The summed E-state index contributed by atoms with van der Waals surface area (Å²) in [5, 5.41) is 0. The first-order chi connectivity index (χ1) is 6.18. The van der Waals surface area contributed by atoms with E-state index in [4.69, 9.17) is 4.84 Å². The molecule has 0 aromatic heterocycles. The summed E-state index contributed by atoms with van der Waals surface area (Å²) in [4.78, 5) is 15.8. The van der Waals surface area contributed by atoms with E-state index in [1.165, 1.54) is 0 Å². The topological polar surface area (TPSA) is 38.3 Å². The molecule has 1 amide bonds. The highest BCUT2D eigenvalue weighted by molar-refractivity contribution is 5.91. The quantitative estimate of drug-likeness (QED) is 0.296. The second-order valence-electron chi connectivity index (χ2n) is 2.73. The lowest BCUT2D eigenvalue weighted by molar-refractivity contribution is -0.129. The molecule has 0 atom stereocenters. The largest absolute Gasteiger partial charge is 0.273 e. The number of carbonyl (C=O) groups excluding carboxylic acids is 1. The molecule has 0 spiro atoms. The van der Waals surface area contributed by atoms with Crippen molar-refractivity contribution >= 4 is 5.91 Å². The Morgan fingerprint density at radius 1 is 1.54 bits per heavy atom. The number of hydrogen-bond donors (Lipinski definition) is 1. The van der Waals surface area contributed by atoms with Crippen molar-refractivity contribution in [3.63, 3.8) is 0 Å². The van der Waals surface area contributed by atoms with E-state index in [1.54, 1.807) is 6.92 Å². The summed E-state index contributed by atoms with van der Waals surface area (Å²) in [6.07, 6.45) is 5.92. The number of nitrogens with one attached hydrogen (secondary N) is 1. The van der Waals surface area contributed by atoms with Gasteiger partial charge in [-0.05, 0) is 19.8 Å². The van der Waals surface area contributed by atoms with Gasteiger partial charge in [-0.25, -0.2) is 5.48 Å². The van der Waals surface area contributed by atoms with Crippen LogP contribution in [0.5, 0.6) is 0 Å². The van der Waals surface area contributed by atoms with Crippen molar-refractivity contribution in [2.75, 3.05) is 6.61 Å². The van der Waals surface area contributed by atoms with Crippen LogP contribution in [0.4, 0.5) is 0 Å². The normalized spacial score (nSPS) is 10.3. The Balaban J connectivity index is 3.31. The molecule has 3 nitrogen and oxygen atoms in total. The molecule has 0 radical (unpaired) electrons. The van der Waals surface area contributed by atoms with Crippen LogP contribution in [0.2, 0.25) is 0 Å². The van der Waals surface area contributed by atoms with Crippen molar-refractivity contribution in [3.8, 4) is 0 Å². The highest BCUT2D eigenvalue weighted by atomic mass is 16.6. The molecule has 0 bridgehead atoms. The SMILES string of the molecule is C=C(C)C(=O)NOCC/C=C/CC. The molecule has 3 heteroatoms. The molecule has 0 aliphatic heterocycles. The van der Waals surface area contributed by atoms with Crippen LogP contribution in [0.25, 0.3) is 0 Å². The first-order valence-electron chi connectivity index (χ1n) is 4.41. The van der Waals surface area contributed by atoms with Gasteiger partial charge in [0.15, 0.2) is 0 Å². The third-order valence-electron chi connectivity index (χ3n) is 1.34. The van der Waals surface area contributed by atoms with Gasteiger partial charge in [-0.1, -0.05) is 25.7 Å². The Kier molecular flexibility index (Phi) is 6.92. The molecule has 0 saturated carbocycles. The average molecular weight is 183 g/mol. The zero-order valence-corrected chi connectivity index (χ0v) is 8.30. The van der Waals surface area contributed by atoms with E-state index >= 15 is 0 Å². The zero-order chi connectivity index (χ0) is 10.1. The molecule has 0 unspecified atom stereocenters. The van der Waals surface area contributed by atoms with E-state index in [1.807, 2.05) is 6.08 Å². The Labute approximate surface area is 79.4 Å². The maximum absolute atomic E-state index is 10.9. The van der Waals surface area contributed by atoms with Gasteiger partial charge in [0, 0.05) is 5.57 Å². The van der Waals surface area contributed by atoms with Gasteiger partial charge in [-0.3, -0.25) is 9.63 Å². The van der Waals surface area contributed by atoms with Crippen LogP contribution >= 0.6 is 0 Å². The summed E-state index contributed by atoms with van der Waals surface area (Å²) in [6.45, 7) is 7.68. The molecule has 0 rings (SSSR count). The maximum Gasteiger partial charge on any atom is 0.269 e. The number of hydrogen-bond acceptors (Lipinski definition) is 2. The number of carbonyl (C=O) groups is 1. The van der Waals surface area contributed by atoms with Crippen LogP contribution in [0.3, 0.4) is 0 Å². The Hall–Kier alpha value is -1.09. The second-order valence-corrected chi connectivity index (χ2v) is 2.73. The summed E-state index contributed by atoms with van der Waals surface area (Å²) < 4.78 is 0. The van der Waals surface area contributed by atoms with Crippen LogP contribution in [-0.4, -0.2) is 12.5 Å². The van der Waals surface area contributed by atoms with E-state index in [0.717, 1.165) is 12.8 Å². The standard InChI is InChI=1S/C10H17NO2/c1-4-5-6-7-8-13-11-10(12)9(2)3/h5-6H,2,4,7-8H2,1,3H3,(H,11,12)/b6-5+. The summed E-state index contributed by atoms with van der Waals surface area (Å²) in [7, 11) is 0. The number of allylic oxidation sites excluding steroid dienone is 1. The molecule has 13 heavy (non-hydrogen) atoms. The minimum atomic E-state index is -0.264. The fourth-order valence-corrected chi connectivity index (χ4v) is 0.615. The molecule has 0 aromatic rings. The Morgan fingerprint density at radius 3 is 2.77 bits per heavy atom. The van der Waals surface area contributed by atoms with Gasteiger partial charge in [-0.2, -0.15) is 0 Å². The van der Waals surface area contributed by atoms with E-state index in [0.29, 0.717) is 12.2 Å². The fraction of sp³-hybridized carbons (Fsp3) is 0.500. The second kappa shape index (κ2) is 7.55. The third-order valence-corrected chi connectivity index (χ3v) is 1.34. The molecular weight excluding hydrogens is 166 g/mol. The van der Waals surface area contributed by atoms with Crippen molar-refractivity contribution in [2.24, 2.45) is 0 Å². The van der Waals surface area contributed by atoms with Gasteiger partial charge in [0.1, 0.15) is 0 Å². The first kappa shape index (κ1) is 11.9. The van der Waals surface area contributed by atoms with Crippen molar-refractivity contribution in [1.82, 2.24) is 5.48 Å². The minimum absolute atomic E-state index is 0.264. The fourth-order valence-electron chi connectivity index (χ4n) is 0.615. The van der Waals surface area contributed by atoms with Crippen molar-refractivity contribution in [3.05, 3.63) is 24.3 Å². The van der Waals surface area contributed by atoms with Gasteiger partial charge in [-0.15, -0.1) is 0 Å². The predicted molar refractivity (Wildman–Crippen MR) is 53.0 cm³/mol. The third kappa shape index (κ3) is 7.28. The van der Waals surface area contributed by atoms with Crippen molar-refractivity contribution < 1.29 is 9.63 Å². The van der Waals surface area contributed by atoms with Gasteiger partial charge >= 0.3 is 0 Å². The van der Waals surface area contributed by atoms with Crippen LogP contribution in [0, 0.1) is 0 Å². The van der Waals surface area contributed by atoms with Crippen LogP contribution in [-0.2, 0) is 9.63 Å². The predicted octanol–water partition coefficient (Wildman–Crippen LogP) is 1.97. The molecule has 0 heterocycles. The number of hydroxylamine groups is 1. The van der Waals surface area contributed by atoms with Crippen LogP contribution in [0.15, 0.2) is 24.3 Å². The van der Waals surface area contributed by atoms with Crippen LogP contribution < -0.4 is 5.48 Å². The highest BCUT2D eigenvalue weighted by Gasteiger charge is 1.98. The maximum atomic E-state index is 10.9.